The van der Waals surface area contributed by atoms with E-state index < -0.39 is 10.0 Å². The van der Waals surface area contributed by atoms with Crippen molar-refractivity contribution in [1.29, 1.82) is 0 Å². The van der Waals surface area contributed by atoms with Gasteiger partial charge in [0, 0.05) is 19.2 Å². The summed E-state index contributed by atoms with van der Waals surface area (Å²) < 4.78 is 27.6. The molecule has 0 amide bonds. The molecular formula is C15H24N2O3S. The summed E-state index contributed by atoms with van der Waals surface area (Å²) in [7, 11) is -3.62. The standard InChI is InChI=1S/C15H24N2O3S/c1-11-7-8-12(2)15(14(11)16)21(19,20)17(9-4-10-18)13-5-3-6-13/h7-8,13,18H,3-6,9-10,16H2,1-2H3. The Morgan fingerprint density at radius 1 is 1.29 bits per heavy atom. The summed E-state index contributed by atoms with van der Waals surface area (Å²) in [4.78, 5) is 0.229. The largest absolute Gasteiger partial charge is 0.397 e. The van der Waals surface area contributed by atoms with Gasteiger partial charge in [-0.15, -0.1) is 0 Å². The predicted octanol–water partition coefficient (Wildman–Crippen LogP) is 1.81. The van der Waals surface area contributed by atoms with Crippen molar-refractivity contribution in [1.82, 2.24) is 4.31 Å². The first-order valence-electron chi connectivity index (χ1n) is 7.38. The number of benzene rings is 1. The zero-order valence-corrected chi connectivity index (χ0v) is 13.5. The van der Waals surface area contributed by atoms with Gasteiger partial charge in [-0.05, 0) is 44.2 Å². The van der Waals surface area contributed by atoms with E-state index in [0.29, 0.717) is 24.2 Å². The fourth-order valence-corrected chi connectivity index (χ4v) is 4.79. The summed E-state index contributed by atoms with van der Waals surface area (Å²) in [6.07, 6.45) is 3.27. The molecule has 0 atom stereocenters. The summed E-state index contributed by atoms with van der Waals surface area (Å²) in [6, 6.07) is 3.68. The van der Waals surface area contributed by atoms with Crippen LogP contribution in [0.25, 0.3) is 0 Å². The second kappa shape index (κ2) is 6.34. The molecule has 6 heteroatoms. The Morgan fingerprint density at radius 2 is 1.90 bits per heavy atom. The number of aryl methyl sites for hydroxylation is 2. The van der Waals surface area contributed by atoms with Crippen molar-refractivity contribution in [2.45, 2.75) is 50.5 Å². The van der Waals surface area contributed by atoms with Gasteiger partial charge in [0.2, 0.25) is 10.0 Å². The lowest BCUT2D eigenvalue weighted by Crippen LogP contribution is -2.45. The summed E-state index contributed by atoms with van der Waals surface area (Å²) in [5, 5.41) is 9.03. The maximum absolute atomic E-state index is 13.0. The third kappa shape index (κ3) is 3.07. The van der Waals surface area contributed by atoms with E-state index in [1.807, 2.05) is 13.0 Å². The Morgan fingerprint density at radius 3 is 2.43 bits per heavy atom. The van der Waals surface area contributed by atoms with Gasteiger partial charge in [0.05, 0.1) is 5.69 Å². The maximum Gasteiger partial charge on any atom is 0.245 e. The van der Waals surface area contributed by atoms with Crippen molar-refractivity contribution in [3.05, 3.63) is 23.3 Å². The molecule has 0 aliphatic heterocycles. The molecule has 0 heterocycles. The van der Waals surface area contributed by atoms with E-state index in [1.54, 1.807) is 13.0 Å². The van der Waals surface area contributed by atoms with E-state index >= 15 is 0 Å². The van der Waals surface area contributed by atoms with Crippen LogP contribution in [-0.2, 0) is 10.0 Å². The molecule has 0 saturated heterocycles. The van der Waals surface area contributed by atoms with Crippen molar-refractivity contribution in [2.75, 3.05) is 18.9 Å². The van der Waals surface area contributed by atoms with Crippen molar-refractivity contribution in [3.63, 3.8) is 0 Å². The topological polar surface area (TPSA) is 83.6 Å². The van der Waals surface area contributed by atoms with Gasteiger partial charge >= 0.3 is 0 Å². The highest BCUT2D eigenvalue weighted by molar-refractivity contribution is 7.89. The minimum absolute atomic E-state index is 0.0129. The molecule has 1 aromatic carbocycles. The number of aliphatic hydroxyl groups is 1. The zero-order chi connectivity index (χ0) is 15.6. The average molecular weight is 312 g/mol. The first-order valence-corrected chi connectivity index (χ1v) is 8.82. The van der Waals surface area contributed by atoms with Crippen LogP contribution in [0.5, 0.6) is 0 Å². The molecule has 1 aromatic rings. The van der Waals surface area contributed by atoms with Gasteiger partial charge in [-0.2, -0.15) is 4.31 Å². The van der Waals surface area contributed by atoms with Gasteiger partial charge in [-0.25, -0.2) is 8.42 Å². The van der Waals surface area contributed by atoms with Crippen molar-refractivity contribution >= 4 is 15.7 Å². The second-order valence-corrected chi connectivity index (χ2v) is 7.55. The molecule has 0 aromatic heterocycles. The molecule has 21 heavy (non-hydrogen) atoms. The second-order valence-electron chi connectivity index (χ2n) is 5.72. The molecular weight excluding hydrogens is 288 g/mol. The molecule has 0 bridgehead atoms. The normalized spacial score (nSPS) is 16.2. The summed E-state index contributed by atoms with van der Waals surface area (Å²) in [5.41, 5.74) is 7.82. The first-order chi connectivity index (χ1) is 9.89. The fraction of sp³-hybridized carbons (Fsp3) is 0.600. The minimum Gasteiger partial charge on any atom is -0.397 e. The summed E-state index contributed by atoms with van der Waals surface area (Å²) >= 11 is 0. The number of anilines is 1. The quantitative estimate of drug-likeness (QED) is 0.785. The minimum atomic E-state index is -3.62. The number of nitrogen functional groups attached to an aromatic ring is 1. The van der Waals surface area contributed by atoms with Crippen LogP contribution in [0.2, 0.25) is 0 Å². The number of hydrogen-bond acceptors (Lipinski definition) is 4. The Kier molecular flexibility index (Phi) is 4.91. The van der Waals surface area contributed by atoms with Crippen molar-refractivity contribution in [2.24, 2.45) is 0 Å². The van der Waals surface area contributed by atoms with E-state index in [1.165, 1.54) is 4.31 Å². The van der Waals surface area contributed by atoms with Gasteiger partial charge in [-0.3, -0.25) is 0 Å². The zero-order valence-electron chi connectivity index (χ0n) is 12.7. The number of sulfonamides is 1. The molecule has 1 aliphatic rings. The van der Waals surface area contributed by atoms with Crippen LogP contribution >= 0.6 is 0 Å². The highest BCUT2D eigenvalue weighted by Gasteiger charge is 2.36. The smallest absolute Gasteiger partial charge is 0.245 e. The van der Waals surface area contributed by atoms with Crippen LogP contribution in [0, 0.1) is 13.8 Å². The third-order valence-electron chi connectivity index (χ3n) is 4.20. The number of nitrogens with two attached hydrogens (primary N) is 1. The van der Waals surface area contributed by atoms with Crippen LogP contribution in [0.15, 0.2) is 17.0 Å². The molecule has 2 rings (SSSR count). The number of rotatable bonds is 6. The summed E-state index contributed by atoms with van der Waals surface area (Å²) in [5.74, 6) is 0. The van der Waals surface area contributed by atoms with Gasteiger partial charge in [0.15, 0.2) is 0 Å². The Balaban J connectivity index is 2.45. The van der Waals surface area contributed by atoms with E-state index in [4.69, 9.17) is 10.8 Å². The van der Waals surface area contributed by atoms with Gasteiger partial charge in [0.1, 0.15) is 4.90 Å². The molecule has 3 N–H and O–H groups in total. The predicted molar refractivity (Wildman–Crippen MR) is 83.6 cm³/mol. The SMILES string of the molecule is Cc1ccc(C)c(S(=O)(=O)N(CCCO)C2CCC2)c1N. The van der Waals surface area contributed by atoms with Gasteiger partial charge < -0.3 is 10.8 Å². The molecule has 1 saturated carbocycles. The monoisotopic (exact) mass is 312 g/mol. The van der Waals surface area contributed by atoms with Crippen molar-refractivity contribution in [3.8, 4) is 0 Å². The van der Waals surface area contributed by atoms with E-state index in [-0.39, 0.29) is 17.5 Å². The Bertz CT molecular complexity index is 610. The number of nitrogens with zero attached hydrogens (tertiary/aromatic N) is 1. The van der Waals surface area contributed by atoms with E-state index in [2.05, 4.69) is 0 Å². The lowest BCUT2D eigenvalue weighted by atomic mass is 9.93. The van der Waals surface area contributed by atoms with Crippen LogP contribution in [0.1, 0.15) is 36.8 Å². The highest BCUT2D eigenvalue weighted by Crippen LogP contribution is 2.34. The molecule has 1 aliphatic carbocycles. The van der Waals surface area contributed by atoms with Crippen molar-refractivity contribution < 1.29 is 13.5 Å². The van der Waals surface area contributed by atoms with Gasteiger partial charge in [-0.1, -0.05) is 18.6 Å². The Hall–Kier alpha value is -1.11. The van der Waals surface area contributed by atoms with E-state index in [9.17, 15) is 8.42 Å². The fourth-order valence-electron chi connectivity index (χ4n) is 2.67. The van der Waals surface area contributed by atoms with Gasteiger partial charge in [0.25, 0.3) is 0 Å². The summed E-state index contributed by atoms with van der Waals surface area (Å²) in [6.45, 7) is 3.92. The lowest BCUT2D eigenvalue weighted by molar-refractivity contribution is 0.198. The molecule has 0 unspecified atom stereocenters. The van der Waals surface area contributed by atoms with Crippen LogP contribution < -0.4 is 5.73 Å². The maximum atomic E-state index is 13.0. The third-order valence-corrected chi connectivity index (χ3v) is 6.35. The van der Waals surface area contributed by atoms with Crippen LogP contribution in [0.3, 0.4) is 0 Å². The molecule has 0 spiro atoms. The van der Waals surface area contributed by atoms with Crippen LogP contribution in [0.4, 0.5) is 5.69 Å². The number of aliphatic hydroxyl groups excluding tert-OH is 1. The van der Waals surface area contributed by atoms with E-state index in [0.717, 1.165) is 24.8 Å². The van der Waals surface area contributed by atoms with Crippen LogP contribution in [-0.4, -0.2) is 37.0 Å². The lowest BCUT2D eigenvalue weighted by Gasteiger charge is -2.37. The first kappa shape index (κ1) is 16.3. The molecule has 0 radical (unpaired) electrons. The Labute approximate surface area is 126 Å². The number of hydrogen-bond donors (Lipinski definition) is 2. The average Bonchev–Trinajstić information content (AvgIpc) is 2.36. The molecule has 118 valence electrons. The highest BCUT2D eigenvalue weighted by atomic mass is 32.2. The molecule has 5 nitrogen and oxygen atoms in total. The molecule has 1 fully saturated rings.